The zero-order valence-corrected chi connectivity index (χ0v) is 15.8. The molecular formula is C25H24N2O. The Morgan fingerprint density at radius 1 is 0.786 bits per heavy atom. The number of hydrogen-bond acceptors (Lipinski definition) is 1. The normalized spacial score (nSPS) is 11.0. The van der Waals surface area contributed by atoms with Gasteiger partial charge in [0.25, 0.3) is 0 Å². The van der Waals surface area contributed by atoms with Crippen LogP contribution in [0.5, 0.6) is 0 Å². The maximum Gasteiger partial charge on any atom is 0.217 e. The van der Waals surface area contributed by atoms with Gasteiger partial charge < -0.3 is 10.3 Å². The van der Waals surface area contributed by atoms with Crippen LogP contribution < -0.4 is 5.73 Å². The van der Waals surface area contributed by atoms with E-state index in [1.54, 1.807) is 0 Å². The molecule has 0 aliphatic rings. The lowest BCUT2D eigenvalue weighted by Crippen LogP contribution is -2.11. The van der Waals surface area contributed by atoms with Crippen molar-refractivity contribution in [3.8, 4) is 5.69 Å². The molecule has 0 saturated heterocycles. The van der Waals surface area contributed by atoms with Gasteiger partial charge in [-0.3, -0.25) is 4.79 Å². The van der Waals surface area contributed by atoms with E-state index >= 15 is 0 Å². The standard InChI is InChI=1S/C25H24N2O/c26-25(28)16-13-20-12-15-24-23(17-20)21(14-11-19-7-3-1-4-8-19)18-27(24)22-9-5-2-6-10-22/h1-10,12,15,17-18H,11,13-14,16H2,(H2,26,28). The van der Waals surface area contributed by atoms with Crippen molar-refractivity contribution in [1.82, 2.24) is 4.57 Å². The maximum atomic E-state index is 11.2. The molecule has 0 fully saturated rings. The number of nitrogens with two attached hydrogens (primary N) is 1. The van der Waals surface area contributed by atoms with Crippen molar-refractivity contribution in [2.45, 2.75) is 25.7 Å². The van der Waals surface area contributed by atoms with E-state index < -0.39 is 0 Å². The number of aromatic nitrogens is 1. The summed E-state index contributed by atoms with van der Waals surface area (Å²) in [6, 6.07) is 27.5. The summed E-state index contributed by atoms with van der Waals surface area (Å²) >= 11 is 0. The smallest absolute Gasteiger partial charge is 0.217 e. The van der Waals surface area contributed by atoms with Gasteiger partial charge in [0.1, 0.15) is 0 Å². The number of benzene rings is 3. The molecule has 0 saturated carbocycles. The van der Waals surface area contributed by atoms with E-state index in [1.807, 2.05) is 6.07 Å². The van der Waals surface area contributed by atoms with Crippen molar-refractivity contribution in [3.63, 3.8) is 0 Å². The zero-order valence-electron chi connectivity index (χ0n) is 15.8. The van der Waals surface area contributed by atoms with Crippen LogP contribution in [0.25, 0.3) is 16.6 Å². The Balaban J connectivity index is 1.72. The van der Waals surface area contributed by atoms with E-state index in [9.17, 15) is 4.79 Å². The van der Waals surface area contributed by atoms with Gasteiger partial charge >= 0.3 is 0 Å². The highest BCUT2D eigenvalue weighted by Crippen LogP contribution is 2.27. The molecule has 0 aliphatic carbocycles. The van der Waals surface area contributed by atoms with E-state index in [4.69, 9.17) is 5.73 Å². The summed E-state index contributed by atoms with van der Waals surface area (Å²) in [6.45, 7) is 0. The van der Waals surface area contributed by atoms with Crippen molar-refractivity contribution >= 4 is 16.8 Å². The van der Waals surface area contributed by atoms with Gasteiger partial charge in [0.15, 0.2) is 0 Å². The zero-order chi connectivity index (χ0) is 19.3. The molecule has 28 heavy (non-hydrogen) atoms. The summed E-state index contributed by atoms with van der Waals surface area (Å²) in [6.07, 6.45) is 5.28. The second-order valence-electron chi connectivity index (χ2n) is 7.16. The van der Waals surface area contributed by atoms with Crippen LogP contribution in [0, 0.1) is 0 Å². The highest BCUT2D eigenvalue weighted by Gasteiger charge is 2.11. The number of hydrogen-bond donors (Lipinski definition) is 1. The van der Waals surface area contributed by atoms with Crippen molar-refractivity contribution < 1.29 is 4.79 Å². The molecule has 3 nitrogen and oxygen atoms in total. The lowest BCUT2D eigenvalue weighted by atomic mass is 10.0. The first-order valence-corrected chi connectivity index (χ1v) is 9.71. The third kappa shape index (κ3) is 3.99. The van der Waals surface area contributed by atoms with Gasteiger partial charge in [0, 0.05) is 23.7 Å². The molecule has 4 aromatic rings. The fraction of sp³-hybridized carbons (Fsp3) is 0.160. The molecule has 3 aromatic carbocycles. The third-order valence-electron chi connectivity index (χ3n) is 5.17. The molecule has 2 N–H and O–H groups in total. The van der Waals surface area contributed by atoms with Crippen LogP contribution in [0.1, 0.15) is 23.1 Å². The molecule has 0 spiro atoms. The molecule has 4 rings (SSSR count). The fourth-order valence-electron chi connectivity index (χ4n) is 3.69. The number of rotatable bonds is 7. The molecule has 1 amide bonds. The molecule has 0 aliphatic heterocycles. The first-order valence-electron chi connectivity index (χ1n) is 9.71. The van der Waals surface area contributed by atoms with Crippen LogP contribution in [0.2, 0.25) is 0 Å². The molecule has 0 unspecified atom stereocenters. The Hall–Kier alpha value is -3.33. The summed E-state index contributed by atoms with van der Waals surface area (Å²) in [5.74, 6) is -0.258. The molecule has 1 heterocycles. The monoisotopic (exact) mass is 368 g/mol. The predicted octanol–water partition coefficient (Wildman–Crippen LogP) is 4.83. The van der Waals surface area contributed by atoms with Crippen LogP contribution in [0.4, 0.5) is 0 Å². The molecule has 3 heteroatoms. The number of aryl methyl sites for hydroxylation is 3. The summed E-state index contributed by atoms with van der Waals surface area (Å²) in [5.41, 5.74) is 11.5. The minimum atomic E-state index is -0.258. The molecule has 0 bridgehead atoms. The van der Waals surface area contributed by atoms with Crippen molar-refractivity contribution in [2.75, 3.05) is 0 Å². The minimum absolute atomic E-state index is 0.258. The predicted molar refractivity (Wildman–Crippen MR) is 115 cm³/mol. The Morgan fingerprint density at radius 3 is 2.21 bits per heavy atom. The second kappa shape index (κ2) is 8.13. The Bertz CT molecular complexity index is 1080. The highest BCUT2D eigenvalue weighted by molar-refractivity contribution is 5.86. The van der Waals surface area contributed by atoms with Crippen LogP contribution in [0.15, 0.2) is 85.1 Å². The third-order valence-corrected chi connectivity index (χ3v) is 5.17. The number of primary amides is 1. The first-order chi connectivity index (χ1) is 13.7. The van der Waals surface area contributed by atoms with E-state index in [2.05, 4.69) is 83.6 Å². The number of amides is 1. The summed E-state index contributed by atoms with van der Waals surface area (Å²) in [7, 11) is 0. The lowest BCUT2D eigenvalue weighted by Gasteiger charge is -2.06. The summed E-state index contributed by atoms with van der Waals surface area (Å²) < 4.78 is 2.26. The number of nitrogens with zero attached hydrogens (tertiary/aromatic N) is 1. The SMILES string of the molecule is NC(=O)CCc1ccc2c(c1)c(CCc1ccccc1)cn2-c1ccccc1. The van der Waals surface area contributed by atoms with Gasteiger partial charge in [-0.2, -0.15) is 0 Å². The Kier molecular flexibility index (Phi) is 5.24. The molecule has 140 valence electrons. The van der Waals surface area contributed by atoms with E-state index in [-0.39, 0.29) is 5.91 Å². The van der Waals surface area contributed by atoms with Crippen molar-refractivity contribution in [3.05, 3.63) is 102 Å². The summed E-state index contributed by atoms with van der Waals surface area (Å²) in [5, 5.41) is 1.25. The molecule has 0 atom stereocenters. The number of fused-ring (bicyclic) bond motifs is 1. The number of para-hydroxylation sites is 1. The Labute approximate surface area is 165 Å². The van der Waals surface area contributed by atoms with Gasteiger partial charge in [-0.15, -0.1) is 0 Å². The molecule has 0 radical (unpaired) electrons. The highest BCUT2D eigenvalue weighted by atomic mass is 16.1. The maximum absolute atomic E-state index is 11.2. The van der Waals surface area contributed by atoms with Crippen LogP contribution in [-0.2, 0) is 24.1 Å². The van der Waals surface area contributed by atoms with E-state index in [1.165, 1.54) is 22.0 Å². The molecule has 1 aromatic heterocycles. The first kappa shape index (κ1) is 18.1. The fourth-order valence-corrected chi connectivity index (χ4v) is 3.69. The summed E-state index contributed by atoms with van der Waals surface area (Å²) in [4.78, 5) is 11.2. The number of carbonyl (C=O) groups excluding carboxylic acids is 1. The van der Waals surface area contributed by atoms with Gasteiger partial charge in [-0.1, -0.05) is 54.6 Å². The lowest BCUT2D eigenvalue weighted by molar-refractivity contribution is -0.117. The van der Waals surface area contributed by atoms with Gasteiger partial charge in [0.05, 0.1) is 5.52 Å². The average Bonchev–Trinajstić information content (AvgIpc) is 3.10. The van der Waals surface area contributed by atoms with Crippen LogP contribution >= 0.6 is 0 Å². The Morgan fingerprint density at radius 2 is 1.50 bits per heavy atom. The quantitative estimate of drug-likeness (QED) is 0.499. The van der Waals surface area contributed by atoms with E-state index in [0.29, 0.717) is 12.8 Å². The molecular weight excluding hydrogens is 344 g/mol. The van der Waals surface area contributed by atoms with E-state index in [0.717, 1.165) is 24.1 Å². The van der Waals surface area contributed by atoms with Gasteiger partial charge in [0.2, 0.25) is 5.91 Å². The van der Waals surface area contributed by atoms with Crippen LogP contribution in [-0.4, -0.2) is 10.5 Å². The largest absolute Gasteiger partial charge is 0.370 e. The van der Waals surface area contributed by atoms with Gasteiger partial charge in [-0.05, 0) is 60.2 Å². The number of carbonyl (C=O) groups is 1. The topological polar surface area (TPSA) is 48.0 Å². The second-order valence-corrected chi connectivity index (χ2v) is 7.16. The van der Waals surface area contributed by atoms with Crippen molar-refractivity contribution in [2.24, 2.45) is 5.73 Å². The van der Waals surface area contributed by atoms with Crippen LogP contribution in [0.3, 0.4) is 0 Å². The minimum Gasteiger partial charge on any atom is -0.370 e. The van der Waals surface area contributed by atoms with Gasteiger partial charge in [-0.25, -0.2) is 0 Å². The average molecular weight is 368 g/mol. The van der Waals surface area contributed by atoms with Crippen molar-refractivity contribution in [1.29, 1.82) is 0 Å².